The topological polar surface area (TPSA) is 98.2 Å². The number of halogens is 1. The third-order valence-corrected chi connectivity index (χ3v) is 3.03. The molecule has 0 amide bonds. The highest BCUT2D eigenvalue weighted by molar-refractivity contribution is 7.89. The maximum absolute atomic E-state index is 10.7. The predicted octanol–water partition coefficient (Wildman–Crippen LogP) is 1.01. The van der Waals surface area contributed by atoms with Gasteiger partial charge in [-0.3, -0.25) is 0 Å². The fraction of sp³-hybridized carbons (Fsp3) is 0.333. The molecule has 0 aliphatic rings. The molecule has 0 bridgehead atoms. The first-order valence-corrected chi connectivity index (χ1v) is 6.77. The van der Waals surface area contributed by atoms with Gasteiger partial charge in [-0.15, -0.1) is 0 Å². The summed E-state index contributed by atoms with van der Waals surface area (Å²) in [6.45, 7) is 0.473. The van der Waals surface area contributed by atoms with Crippen molar-refractivity contribution in [3.05, 3.63) is 23.2 Å². The summed E-state index contributed by atoms with van der Waals surface area (Å²) in [6.07, 6.45) is 0.421. The van der Waals surface area contributed by atoms with Gasteiger partial charge in [0.25, 0.3) is 0 Å². The van der Waals surface area contributed by atoms with E-state index in [-0.39, 0.29) is 5.75 Å². The van der Waals surface area contributed by atoms with E-state index < -0.39 is 10.0 Å². The van der Waals surface area contributed by atoms with Crippen LogP contribution in [0.5, 0.6) is 0 Å². The predicted molar refractivity (Wildman–Crippen MR) is 66.9 cm³/mol. The highest BCUT2D eigenvalue weighted by Gasteiger charge is 2.03. The molecule has 90 valence electrons. The number of nitrogens with one attached hydrogen (secondary N) is 1. The Morgan fingerprint density at radius 1 is 1.38 bits per heavy atom. The van der Waals surface area contributed by atoms with Crippen molar-refractivity contribution >= 4 is 33.0 Å². The van der Waals surface area contributed by atoms with E-state index in [0.717, 1.165) is 0 Å². The van der Waals surface area contributed by atoms with Crippen molar-refractivity contribution in [2.24, 2.45) is 5.14 Å². The van der Waals surface area contributed by atoms with Gasteiger partial charge >= 0.3 is 0 Å². The lowest BCUT2D eigenvalue weighted by atomic mass is 10.2. The summed E-state index contributed by atoms with van der Waals surface area (Å²) in [5, 5.41) is 8.44. The number of anilines is 2. The molecule has 1 aromatic rings. The first-order valence-electron chi connectivity index (χ1n) is 4.68. The molecular weight excluding hydrogens is 250 g/mol. The van der Waals surface area contributed by atoms with Crippen LogP contribution in [-0.2, 0) is 10.0 Å². The minimum absolute atomic E-state index is 0.0551. The van der Waals surface area contributed by atoms with Gasteiger partial charge in [-0.1, -0.05) is 11.6 Å². The number of rotatable bonds is 5. The van der Waals surface area contributed by atoms with E-state index in [4.69, 9.17) is 22.5 Å². The van der Waals surface area contributed by atoms with E-state index in [1.54, 1.807) is 18.2 Å². The zero-order valence-corrected chi connectivity index (χ0v) is 10.2. The molecule has 0 heterocycles. The summed E-state index contributed by atoms with van der Waals surface area (Å²) >= 11 is 5.79. The Morgan fingerprint density at radius 2 is 2.06 bits per heavy atom. The van der Waals surface area contributed by atoms with Crippen LogP contribution in [0.3, 0.4) is 0 Å². The maximum atomic E-state index is 10.7. The number of nitrogen functional groups attached to an aromatic ring is 1. The lowest BCUT2D eigenvalue weighted by molar-refractivity contribution is 0.596. The number of hydrogen-bond acceptors (Lipinski definition) is 4. The van der Waals surface area contributed by atoms with E-state index in [0.29, 0.717) is 29.4 Å². The van der Waals surface area contributed by atoms with Gasteiger partial charge in [-0.05, 0) is 24.6 Å². The molecule has 0 radical (unpaired) electrons. The van der Waals surface area contributed by atoms with Gasteiger partial charge < -0.3 is 11.1 Å². The molecule has 0 spiro atoms. The van der Waals surface area contributed by atoms with Gasteiger partial charge in [0.1, 0.15) is 0 Å². The van der Waals surface area contributed by atoms with Crippen LogP contribution < -0.4 is 16.2 Å². The Kier molecular flexibility index (Phi) is 4.40. The molecule has 7 heteroatoms. The van der Waals surface area contributed by atoms with Gasteiger partial charge in [0.2, 0.25) is 10.0 Å². The van der Waals surface area contributed by atoms with E-state index in [2.05, 4.69) is 5.32 Å². The quantitative estimate of drug-likeness (QED) is 0.545. The molecule has 0 unspecified atom stereocenters. The molecule has 1 aromatic carbocycles. The van der Waals surface area contributed by atoms with Crippen LogP contribution in [0.4, 0.5) is 11.4 Å². The average molecular weight is 264 g/mol. The van der Waals surface area contributed by atoms with Crippen molar-refractivity contribution in [1.82, 2.24) is 0 Å². The Balaban J connectivity index is 2.46. The van der Waals surface area contributed by atoms with E-state index >= 15 is 0 Å². The molecule has 1 rings (SSSR count). The third-order valence-electron chi connectivity index (χ3n) is 1.94. The van der Waals surface area contributed by atoms with Gasteiger partial charge in [0, 0.05) is 11.6 Å². The minimum atomic E-state index is -3.39. The summed E-state index contributed by atoms with van der Waals surface area (Å²) in [7, 11) is -3.39. The standard InChI is InChI=1S/C9H14ClN3O2S/c10-7-2-3-8(11)9(6-7)13-4-1-5-16(12,14)15/h2-3,6,13H,1,4-5,11H2,(H2,12,14,15). The Bertz CT molecular complexity index is 462. The molecule has 0 aliphatic carbocycles. The fourth-order valence-corrected chi connectivity index (χ4v) is 1.90. The second kappa shape index (κ2) is 5.38. The van der Waals surface area contributed by atoms with Gasteiger partial charge in [-0.25, -0.2) is 13.6 Å². The minimum Gasteiger partial charge on any atom is -0.397 e. The molecule has 0 aromatic heterocycles. The molecule has 0 aliphatic heterocycles. The van der Waals surface area contributed by atoms with Gasteiger partial charge in [0.15, 0.2) is 0 Å². The molecule has 0 fully saturated rings. The molecule has 5 nitrogen and oxygen atoms in total. The van der Waals surface area contributed by atoms with E-state index in [1.807, 2.05) is 0 Å². The zero-order valence-electron chi connectivity index (χ0n) is 8.61. The molecule has 0 saturated carbocycles. The van der Waals surface area contributed by atoms with Crippen molar-refractivity contribution < 1.29 is 8.42 Å². The number of benzene rings is 1. The summed E-state index contributed by atoms with van der Waals surface area (Å²) in [4.78, 5) is 0. The van der Waals surface area contributed by atoms with Crippen LogP contribution in [-0.4, -0.2) is 20.7 Å². The lowest BCUT2D eigenvalue weighted by Crippen LogP contribution is -2.18. The monoisotopic (exact) mass is 263 g/mol. The van der Waals surface area contributed by atoms with Crippen molar-refractivity contribution in [3.8, 4) is 0 Å². The molecule has 5 N–H and O–H groups in total. The number of hydrogen-bond donors (Lipinski definition) is 3. The molecule has 0 saturated heterocycles. The van der Waals surface area contributed by atoms with E-state index in [1.165, 1.54) is 0 Å². The smallest absolute Gasteiger partial charge is 0.209 e. The Morgan fingerprint density at radius 3 is 2.69 bits per heavy atom. The Hall–Kier alpha value is -0.980. The largest absolute Gasteiger partial charge is 0.397 e. The van der Waals surface area contributed by atoms with Crippen LogP contribution in [0.2, 0.25) is 5.02 Å². The molecular formula is C9H14ClN3O2S. The van der Waals surface area contributed by atoms with Crippen molar-refractivity contribution in [1.29, 1.82) is 0 Å². The summed E-state index contributed by atoms with van der Waals surface area (Å²) in [6, 6.07) is 5.06. The summed E-state index contributed by atoms with van der Waals surface area (Å²) < 4.78 is 21.3. The highest BCUT2D eigenvalue weighted by Crippen LogP contribution is 2.22. The molecule has 16 heavy (non-hydrogen) atoms. The van der Waals surface area contributed by atoms with Gasteiger partial charge in [-0.2, -0.15) is 0 Å². The summed E-state index contributed by atoms with van der Waals surface area (Å²) in [5.41, 5.74) is 6.96. The van der Waals surface area contributed by atoms with E-state index in [9.17, 15) is 8.42 Å². The first kappa shape index (κ1) is 13.1. The summed E-state index contributed by atoms with van der Waals surface area (Å²) in [5.74, 6) is -0.0551. The van der Waals surface area contributed by atoms with Crippen LogP contribution in [0.25, 0.3) is 0 Å². The van der Waals surface area contributed by atoms with Crippen LogP contribution in [0, 0.1) is 0 Å². The van der Waals surface area contributed by atoms with Crippen LogP contribution in [0.1, 0.15) is 6.42 Å². The van der Waals surface area contributed by atoms with Crippen molar-refractivity contribution in [3.63, 3.8) is 0 Å². The van der Waals surface area contributed by atoms with Crippen molar-refractivity contribution in [2.75, 3.05) is 23.3 Å². The zero-order chi connectivity index (χ0) is 12.2. The number of primary sulfonamides is 1. The fourth-order valence-electron chi connectivity index (χ4n) is 1.18. The van der Waals surface area contributed by atoms with Crippen LogP contribution in [0.15, 0.2) is 18.2 Å². The maximum Gasteiger partial charge on any atom is 0.209 e. The van der Waals surface area contributed by atoms with Gasteiger partial charge in [0.05, 0.1) is 17.1 Å². The Labute approximate surface area is 99.8 Å². The first-order chi connectivity index (χ1) is 7.38. The lowest BCUT2D eigenvalue weighted by Gasteiger charge is -2.09. The van der Waals surface area contributed by atoms with Crippen molar-refractivity contribution in [2.45, 2.75) is 6.42 Å². The number of nitrogens with two attached hydrogens (primary N) is 2. The molecule has 0 atom stereocenters. The second-order valence-electron chi connectivity index (χ2n) is 3.38. The van der Waals surface area contributed by atoms with Crippen LogP contribution >= 0.6 is 11.6 Å². The SMILES string of the molecule is Nc1ccc(Cl)cc1NCCCS(N)(=O)=O. The third kappa shape index (κ3) is 4.69. The number of sulfonamides is 1. The average Bonchev–Trinajstić information content (AvgIpc) is 2.16. The highest BCUT2D eigenvalue weighted by atomic mass is 35.5. The second-order valence-corrected chi connectivity index (χ2v) is 5.55. The normalized spacial score (nSPS) is 11.4.